The van der Waals surface area contributed by atoms with E-state index < -0.39 is 29.7 Å². The van der Waals surface area contributed by atoms with E-state index in [1.54, 1.807) is 12.1 Å². The van der Waals surface area contributed by atoms with Crippen LogP contribution in [0.3, 0.4) is 0 Å². The SMILES string of the molecule is Fc1ccc(Nc2cc(N/N=C/c3ccc(OC(F)(F)F)cc3)nc(NCc3ccc(Cl)nc3)n2)cc1C(F)(F)F. The van der Waals surface area contributed by atoms with E-state index in [1.165, 1.54) is 30.6 Å². The summed E-state index contributed by atoms with van der Waals surface area (Å²) in [6.07, 6.45) is -6.93. The highest BCUT2D eigenvalue weighted by atomic mass is 35.5. The summed E-state index contributed by atoms with van der Waals surface area (Å²) in [5.74, 6) is -1.68. The standard InChI is InChI=1S/C25H17ClF7N7O/c26-20-8-3-15(11-34-20)12-35-23-38-21(37-16-4-7-19(27)18(9-16)24(28,29)30)10-22(39-23)40-36-13-14-1-5-17(6-2-14)41-25(31,32)33/h1-11,13H,12H2,(H3,35,37,38,39,40)/b36-13+. The van der Waals surface area contributed by atoms with Crippen LogP contribution in [0.2, 0.25) is 5.15 Å². The van der Waals surface area contributed by atoms with E-state index in [1.807, 2.05) is 0 Å². The first-order chi connectivity index (χ1) is 19.3. The van der Waals surface area contributed by atoms with Gasteiger partial charge in [-0.05, 0) is 59.7 Å². The molecule has 4 rings (SSSR count). The van der Waals surface area contributed by atoms with Gasteiger partial charge in [-0.15, -0.1) is 13.2 Å². The van der Waals surface area contributed by atoms with Gasteiger partial charge >= 0.3 is 12.5 Å². The Morgan fingerprint density at radius 2 is 1.63 bits per heavy atom. The second-order valence-corrected chi connectivity index (χ2v) is 8.50. The van der Waals surface area contributed by atoms with Crippen LogP contribution in [0.25, 0.3) is 0 Å². The van der Waals surface area contributed by atoms with Crippen LogP contribution >= 0.6 is 11.6 Å². The molecular weight excluding hydrogens is 583 g/mol. The molecule has 2 heterocycles. The lowest BCUT2D eigenvalue weighted by molar-refractivity contribution is -0.274. The molecule has 0 radical (unpaired) electrons. The highest BCUT2D eigenvalue weighted by molar-refractivity contribution is 6.29. The van der Waals surface area contributed by atoms with Crippen molar-refractivity contribution >= 4 is 41.1 Å². The maximum Gasteiger partial charge on any atom is 0.573 e. The molecule has 0 amide bonds. The molecule has 0 saturated heterocycles. The number of rotatable bonds is 9. The molecule has 0 spiro atoms. The molecule has 41 heavy (non-hydrogen) atoms. The van der Waals surface area contributed by atoms with E-state index in [2.05, 4.69) is 40.8 Å². The first kappa shape index (κ1) is 29.3. The van der Waals surface area contributed by atoms with E-state index in [4.69, 9.17) is 11.6 Å². The molecule has 4 aromatic rings. The summed E-state index contributed by atoms with van der Waals surface area (Å²) in [6, 6.07) is 11.9. The number of hydrogen-bond acceptors (Lipinski definition) is 8. The van der Waals surface area contributed by atoms with Gasteiger partial charge in [0.15, 0.2) is 5.82 Å². The number of benzene rings is 2. The number of aromatic nitrogens is 3. The zero-order valence-corrected chi connectivity index (χ0v) is 21.1. The molecule has 2 aromatic heterocycles. The zero-order chi connectivity index (χ0) is 29.6. The first-order valence-corrected chi connectivity index (χ1v) is 11.7. The van der Waals surface area contributed by atoms with Crippen LogP contribution in [0, 0.1) is 5.82 Å². The second kappa shape index (κ2) is 12.2. The van der Waals surface area contributed by atoms with Crippen molar-refractivity contribution in [2.45, 2.75) is 19.1 Å². The van der Waals surface area contributed by atoms with Crippen LogP contribution in [-0.2, 0) is 12.7 Å². The van der Waals surface area contributed by atoms with Crippen molar-refractivity contribution in [2.75, 3.05) is 16.1 Å². The van der Waals surface area contributed by atoms with Crippen molar-refractivity contribution in [2.24, 2.45) is 5.10 Å². The monoisotopic (exact) mass is 599 g/mol. The number of anilines is 4. The lowest BCUT2D eigenvalue weighted by atomic mass is 10.2. The molecule has 2 aromatic carbocycles. The highest BCUT2D eigenvalue weighted by Gasteiger charge is 2.34. The Labute approximate surface area is 232 Å². The normalized spacial score (nSPS) is 11.9. The number of hydrogen-bond donors (Lipinski definition) is 3. The van der Waals surface area contributed by atoms with Gasteiger partial charge in [-0.25, -0.2) is 9.37 Å². The Hall–Kier alpha value is -4.66. The van der Waals surface area contributed by atoms with E-state index in [-0.39, 0.29) is 29.8 Å². The van der Waals surface area contributed by atoms with Gasteiger partial charge in [0.1, 0.15) is 22.5 Å². The van der Waals surface area contributed by atoms with Gasteiger partial charge in [0, 0.05) is 24.5 Å². The minimum Gasteiger partial charge on any atom is -0.406 e. The molecule has 0 aliphatic heterocycles. The lowest BCUT2D eigenvalue weighted by Gasteiger charge is -2.13. The minimum atomic E-state index is -4.91. The maximum atomic E-state index is 13.7. The largest absolute Gasteiger partial charge is 0.573 e. The predicted octanol–water partition coefficient (Wildman–Crippen LogP) is 7.38. The fourth-order valence-corrected chi connectivity index (χ4v) is 3.35. The van der Waals surface area contributed by atoms with Crippen molar-refractivity contribution in [3.63, 3.8) is 0 Å². The van der Waals surface area contributed by atoms with Crippen molar-refractivity contribution in [1.29, 1.82) is 0 Å². The Bertz CT molecular complexity index is 1510. The number of halogens is 8. The molecule has 0 fully saturated rings. The molecule has 0 atom stereocenters. The van der Waals surface area contributed by atoms with Crippen LogP contribution in [0.15, 0.2) is 72.0 Å². The van der Waals surface area contributed by atoms with E-state index in [0.29, 0.717) is 22.8 Å². The van der Waals surface area contributed by atoms with E-state index >= 15 is 0 Å². The summed E-state index contributed by atoms with van der Waals surface area (Å²) < 4.78 is 94.0. The van der Waals surface area contributed by atoms with E-state index in [9.17, 15) is 30.7 Å². The molecule has 3 N–H and O–H groups in total. The van der Waals surface area contributed by atoms with Gasteiger partial charge in [-0.1, -0.05) is 17.7 Å². The summed E-state index contributed by atoms with van der Waals surface area (Å²) in [7, 11) is 0. The zero-order valence-electron chi connectivity index (χ0n) is 20.4. The second-order valence-electron chi connectivity index (χ2n) is 8.11. The fourth-order valence-electron chi connectivity index (χ4n) is 3.24. The van der Waals surface area contributed by atoms with Gasteiger partial charge in [0.25, 0.3) is 0 Å². The molecule has 0 bridgehead atoms. The molecule has 214 valence electrons. The Morgan fingerprint density at radius 1 is 0.902 bits per heavy atom. The maximum absolute atomic E-state index is 13.7. The van der Waals surface area contributed by atoms with Crippen LogP contribution in [0.1, 0.15) is 16.7 Å². The van der Waals surface area contributed by atoms with Crippen LogP contribution in [-0.4, -0.2) is 27.5 Å². The average molecular weight is 600 g/mol. The van der Waals surface area contributed by atoms with Gasteiger partial charge in [-0.2, -0.15) is 28.2 Å². The smallest absolute Gasteiger partial charge is 0.406 e. The molecule has 0 saturated carbocycles. The van der Waals surface area contributed by atoms with Crippen LogP contribution in [0.5, 0.6) is 5.75 Å². The number of nitrogens with zero attached hydrogens (tertiary/aromatic N) is 4. The third kappa shape index (κ3) is 8.93. The third-order valence-corrected chi connectivity index (χ3v) is 5.24. The molecular formula is C25H17ClF7N7O. The molecule has 8 nitrogen and oxygen atoms in total. The van der Waals surface area contributed by atoms with Crippen molar-refractivity contribution in [1.82, 2.24) is 15.0 Å². The number of ether oxygens (including phenoxy) is 1. The number of pyridine rings is 1. The van der Waals surface area contributed by atoms with Crippen molar-refractivity contribution in [3.8, 4) is 5.75 Å². The summed E-state index contributed by atoms with van der Waals surface area (Å²) in [5, 5.41) is 9.90. The Balaban J connectivity index is 1.54. The Kier molecular flexibility index (Phi) is 8.76. The van der Waals surface area contributed by atoms with Crippen LogP contribution in [0.4, 0.5) is 54.0 Å². The third-order valence-electron chi connectivity index (χ3n) is 5.02. The lowest BCUT2D eigenvalue weighted by Crippen LogP contribution is -2.17. The molecule has 0 unspecified atom stereocenters. The summed E-state index contributed by atoms with van der Waals surface area (Å²) in [4.78, 5) is 12.4. The van der Waals surface area contributed by atoms with E-state index in [0.717, 1.165) is 23.8 Å². The number of nitrogens with one attached hydrogen (secondary N) is 3. The summed E-state index contributed by atoms with van der Waals surface area (Å²) in [5.41, 5.74) is 2.20. The Morgan fingerprint density at radius 3 is 2.29 bits per heavy atom. The summed E-state index contributed by atoms with van der Waals surface area (Å²) in [6.45, 7) is 0.206. The average Bonchev–Trinajstić information content (AvgIpc) is 2.89. The fraction of sp³-hybridized carbons (Fsp3) is 0.120. The highest BCUT2D eigenvalue weighted by Crippen LogP contribution is 2.34. The first-order valence-electron chi connectivity index (χ1n) is 11.4. The van der Waals surface area contributed by atoms with Crippen molar-refractivity contribution in [3.05, 3.63) is 94.5 Å². The molecule has 0 aliphatic carbocycles. The van der Waals surface area contributed by atoms with Gasteiger partial charge in [0.05, 0.1) is 11.8 Å². The minimum absolute atomic E-state index is 0.0304. The predicted molar refractivity (Wildman–Crippen MR) is 138 cm³/mol. The summed E-state index contributed by atoms with van der Waals surface area (Å²) >= 11 is 5.79. The van der Waals surface area contributed by atoms with Gasteiger partial charge in [-0.3, -0.25) is 5.43 Å². The van der Waals surface area contributed by atoms with Gasteiger partial charge < -0.3 is 15.4 Å². The number of hydrazone groups is 1. The molecule has 0 aliphatic rings. The quantitative estimate of drug-likeness (QED) is 0.0799. The number of alkyl halides is 6. The van der Waals surface area contributed by atoms with Gasteiger partial charge in [0.2, 0.25) is 5.95 Å². The van der Waals surface area contributed by atoms with Crippen molar-refractivity contribution < 1.29 is 35.5 Å². The molecule has 16 heteroatoms. The topological polar surface area (TPSA) is 96.4 Å². The van der Waals surface area contributed by atoms with Crippen LogP contribution < -0.4 is 20.8 Å².